The van der Waals surface area contributed by atoms with Crippen LogP contribution in [0, 0.1) is 0 Å². The molecule has 152 valence electrons. The maximum absolute atomic E-state index is 13.1. The molecule has 2 aromatic rings. The van der Waals surface area contributed by atoms with Gasteiger partial charge in [0.2, 0.25) is 0 Å². The van der Waals surface area contributed by atoms with Gasteiger partial charge in [-0.2, -0.15) is 0 Å². The van der Waals surface area contributed by atoms with Gasteiger partial charge in [-0.25, -0.2) is 0 Å². The lowest BCUT2D eigenvalue weighted by molar-refractivity contribution is -0.136. The lowest BCUT2D eigenvalue weighted by Crippen LogP contribution is -2.33. The molecule has 29 heavy (non-hydrogen) atoms. The van der Waals surface area contributed by atoms with Crippen molar-refractivity contribution in [2.75, 3.05) is 32.7 Å². The van der Waals surface area contributed by atoms with Gasteiger partial charge in [-0.1, -0.05) is 35.3 Å². The van der Waals surface area contributed by atoms with Crippen LogP contribution in [-0.2, 0) is 14.3 Å². The van der Waals surface area contributed by atoms with E-state index in [9.17, 15) is 9.59 Å². The molecule has 0 radical (unpaired) electrons. The van der Waals surface area contributed by atoms with Crippen LogP contribution in [0.1, 0.15) is 12.0 Å². The number of rotatable bonds is 8. The fourth-order valence-electron chi connectivity index (χ4n) is 3.06. The highest BCUT2D eigenvalue weighted by Gasteiger charge is 2.39. The summed E-state index contributed by atoms with van der Waals surface area (Å²) < 4.78 is 10.4. The molecule has 2 amide bonds. The Hall–Kier alpha value is -2.54. The lowest BCUT2D eigenvalue weighted by Gasteiger charge is -2.15. The number of nitrogens with zero attached hydrogens (tertiary/aromatic N) is 1. The highest BCUT2D eigenvalue weighted by molar-refractivity contribution is 6.37. The molecule has 0 fully saturated rings. The third kappa shape index (κ3) is 4.56. The molecular weight excluding hydrogens is 415 g/mol. The van der Waals surface area contributed by atoms with Crippen LogP contribution in [-0.4, -0.2) is 44.1 Å². The minimum atomic E-state index is -0.418. The molecule has 1 heterocycles. The first kappa shape index (κ1) is 21.2. The molecule has 0 saturated carbocycles. The number of hydrogen-bond acceptors (Lipinski definition) is 5. The second-order valence-corrected chi connectivity index (χ2v) is 7.21. The Kier molecular flexibility index (Phi) is 6.79. The lowest BCUT2D eigenvalue weighted by atomic mass is 10.0. The topological polar surface area (TPSA) is 67.9 Å². The van der Waals surface area contributed by atoms with Crippen molar-refractivity contribution < 1.29 is 19.1 Å². The zero-order chi connectivity index (χ0) is 21.0. The van der Waals surface area contributed by atoms with Crippen molar-refractivity contribution >= 4 is 46.3 Å². The number of methoxy groups -OCH3 is 2. The number of carbonyl (C=O) groups is 2. The van der Waals surface area contributed by atoms with Crippen molar-refractivity contribution in [1.82, 2.24) is 4.90 Å². The first-order valence-electron chi connectivity index (χ1n) is 8.92. The molecule has 1 N–H and O–H groups in total. The summed E-state index contributed by atoms with van der Waals surface area (Å²) in [5.41, 5.74) is 1.51. The van der Waals surface area contributed by atoms with Gasteiger partial charge < -0.3 is 14.8 Å². The van der Waals surface area contributed by atoms with E-state index in [2.05, 4.69) is 5.32 Å². The summed E-state index contributed by atoms with van der Waals surface area (Å²) in [6.07, 6.45) is 0.537. The van der Waals surface area contributed by atoms with Gasteiger partial charge in [-0.3, -0.25) is 14.5 Å². The zero-order valence-electron chi connectivity index (χ0n) is 16.0. The molecule has 0 spiro atoms. The van der Waals surface area contributed by atoms with Crippen molar-refractivity contribution in [1.29, 1.82) is 0 Å². The molecule has 6 nitrogen and oxygen atoms in total. The van der Waals surface area contributed by atoms with Gasteiger partial charge in [-0.05, 0) is 42.3 Å². The molecule has 1 aliphatic heterocycles. The van der Waals surface area contributed by atoms with Crippen molar-refractivity contribution in [3.63, 3.8) is 0 Å². The summed E-state index contributed by atoms with van der Waals surface area (Å²) in [6, 6.07) is 11.8. The predicted molar refractivity (Wildman–Crippen MR) is 113 cm³/mol. The molecule has 2 aromatic carbocycles. The number of carbonyl (C=O) groups excluding carboxylic acids is 2. The molecule has 1 aliphatic rings. The summed E-state index contributed by atoms with van der Waals surface area (Å²) in [5, 5.41) is 4.06. The summed E-state index contributed by atoms with van der Waals surface area (Å²) in [4.78, 5) is 27.4. The molecule has 0 atom stereocenters. The number of amides is 2. The molecule has 0 saturated heterocycles. The number of nitrogens with one attached hydrogen (secondary N) is 1. The van der Waals surface area contributed by atoms with Crippen LogP contribution >= 0.6 is 23.2 Å². The van der Waals surface area contributed by atoms with Gasteiger partial charge in [0.15, 0.2) is 0 Å². The number of hydrogen-bond donors (Lipinski definition) is 1. The normalized spacial score (nSPS) is 14.0. The van der Waals surface area contributed by atoms with Crippen LogP contribution in [0.2, 0.25) is 10.0 Å². The Bertz CT molecular complexity index is 958. The van der Waals surface area contributed by atoms with E-state index in [1.165, 1.54) is 12.0 Å². The Morgan fingerprint density at radius 2 is 1.66 bits per heavy atom. The SMILES string of the molecule is COCCCN1C(=O)C(Nc2cc(Cl)ccc2OC)=C(c2ccc(Cl)cc2)C1=O. The van der Waals surface area contributed by atoms with Gasteiger partial charge in [0.1, 0.15) is 11.4 Å². The average Bonchev–Trinajstić information content (AvgIpc) is 2.93. The van der Waals surface area contributed by atoms with E-state index in [1.54, 1.807) is 49.6 Å². The van der Waals surface area contributed by atoms with Crippen molar-refractivity contribution in [3.8, 4) is 5.75 Å². The number of halogens is 2. The van der Waals surface area contributed by atoms with Gasteiger partial charge in [0.05, 0.1) is 18.4 Å². The van der Waals surface area contributed by atoms with E-state index in [0.717, 1.165) is 0 Å². The number of benzene rings is 2. The maximum Gasteiger partial charge on any atom is 0.278 e. The monoisotopic (exact) mass is 434 g/mol. The number of anilines is 1. The molecular formula is C21H20Cl2N2O4. The molecule has 0 unspecified atom stereocenters. The standard InChI is InChI=1S/C21H20Cl2N2O4/c1-28-11-3-10-25-20(26)18(13-4-6-14(22)7-5-13)19(21(25)27)24-16-12-15(23)8-9-17(16)29-2/h4-9,12,24H,3,10-11H2,1-2H3. The van der Waals surface area contributed by atoms with Crippen molar-refractivity contribution in [2.24, 2.45) is 0 Å². The van der Waals surface area contributed by atoms with Gasteiger partial charge in [0.25, 0.3) is 11.8 Å². The van der Waals surface area contributed by atoms with Gasteiger partial charge in [0, 0.05) is 30.3 Å². The maximum atomic E-state index is 13.1. The summed E-state index contributed by atoms with van der Waals surface area (Å²) in [6.45, 7) is 0.693. The van der Waals surface area contributed by atoms with E-state index in [0.29, 0.717) is 40.1 Å². The fraction of sp³-hybridized carbons (Fsp3) is 0.238. The predicted octanol–water partition coefficient (Wildman–Crippen LogP) is 4.23. The number of ether oxygens (including phenoxy) is 2. The van der Waals surface area contributed by atoms with Crippen LogP contribution in [0.3, 0.4) is 0 Å². The summed E-state index contributed by atoms with van der Waals surface area (Å²) in [7, 11) is 3.09. The second-order valence-electron chi connectivity index (χ2n) is 6.33. The molecule has 0 aromatic heterocycles. The highest BCUT2D eigenvalue weighted by Crippen LogP contribution is 2.35. The Morgan fingerprint density at radius 1 is 0.966 bits per heavy atom. The smallest absolute Gasteiger partial charge is 0.278 e. The van der Waals surface area contributed by atoms with Crippen LogP contribution < -0.4 is 10.1 Å². The Morgan fingerprint density at radius 3 is 2.31 bits per heavy atom. The number of imide groups is 1. The minimum absolute atomic E-state index is 0.162. The third-order valence-electron chi connectivity index (χ3n) is 4.45. The van der Waals surface area contributed by atoms with Crippen LogP contribution in [0.4, 0.5) is 5.69 Å². The quantitative estimate of drug-likeness (QED) is 0.497. The minimum Gasteiger partial charge on any atom is -0.495 e. The molecule has 0 bridgehead atoms. The van der Waals surface area contributed by atoms with E-state index >= 15 is 0 Å². The van der Waals surface area contributed by atoms with Crippen LogP contribution in [0.15, 0.2) is 48.2 Å². The summed E-state index contributed by atoms with van der Waals surface area (Å²) in [5.74, 6) is -0.301. The largest absolute Gasteiger partial charge is 0.495 e. The molecule has 0 aliphatic carbocycles. The van der Waals surface area contributed by atoms with Crippen molar-refractivity contribution in [3.05, 3.63) is 63.8 Å². The Balaban J connectivity index is 2.04. The first-order valence-corrected chi connectivity index (χ1v) is 9.67. The zero-order valence-corrected chi connectivity index (χ0v) is 17.5. The van der Waals surface area contributed by atoms with E-state index in [4.69, 9.17) is 32.7 Å². The Labute approximate surface area is 179 Å². The third-order valence-corrected chi connectivity index (χ3v) is 4.94. The van der Waals surface area contributed by atoms with E-state index in [1.807, 2.05) is 0 Å². The van der Waals surface area contributed by atoms with Crippen LogP contribution in [0.25, 0.3) is 5.57 Å². The van der Waals surface area contributed by atoms with Crippen LogP contribution in [0.5, 0.6) is 5.75 Å². The fourth-order valence-corrected chi connectivity index (χ4v) is 3.36. The van der Waals surface area contributed by atoms with Gasteiger partial charge in [-0.15, -0.1) is 0 Å². The summed E-state index contributed by atoms with van der Waals surface area (Å²) >= 11 is 12.1. The first-order chi connectivity index (χ1) is 14.0. The average molecular weight is 435 g/mol. The van der Waals surface area contributed by atoms with Crippen molar-refractivity contribution in [2.45, 2.75) is 6.42 Å². The molecule has 8 heteroatoms. The highest BCUT2D eigenvalue weighted by atomic mass is 35.5. The van der Waals surface area contributed by atoms with E-state index < -0.39 is 5.91 Å². The molecule has 3 rings (SSSR count). The van der Waals surface area contributed by atoms with Gasteiger partial charge >= 0.3 is 0 Å². The second kappa shape index (κ2) is 9.31. The van der Waals surface area contributed by atoms with E-state index in [-0.39, 0.29) is 23.7 Å².